The SMILES string of the molecule is Cc1ccc([C@H](CNc2cnn(C)c(=O)c2Cl)N(C)C)cc1. The van der Waals surface area contributed by atoms with Crippen molar-refractivity contribution in [1.82, 2.24) is 14.7 Å². The number of nitrogens with one attached hydrogen (secondary N) is 1. The molecule has 0 radical (unpaired) electrons. The summed E-state index contributed by atoms with van der Waals surface area (Å²) in [5, 5.41) is 7.38. The quantitative estimate of drug-likeness (QED) is 0.919. The number of anilines is 1. The summed E-state index contributed by atoms with van der Waals surface area (Å²) in [7, 11) is 5.62. The van der Waals surface area contributed by atoms with Crippen molar-refractivity contribution >= 4 is 17.3 Å². The van der Waals surface area contributed by atoms with Crippen molar-refractivity contribution in [2.24, 2.45) is 7.05 Å². The first kappa shape index (κ1) is 16.5. The van der Waals surface area contributed by atoms with Crippen LogP contribution in [0.4, 0.5) is 5.69 Å². The molecule has 0 spiro atoms. The molecular weight excluding hydrogens is 300 g/mol. The van der Waals surface area contributed by atoms with E-state index >= 15 is 0 Å². The van der Waals surface area contributed by atoms with Crippen LogP contribution in [-0.2, 0) is 7.05 Å². The summed E-state index contributed by atoms with van der Waals surface area (Å²) >= 11 is 6.08. The maximum absolute atomic E-state index is 11.8. The zero-order valence-electron chi connectivity index (χ0n) is 13.3. The van der Waals surface area contributed by atoms with E-state index < -0.39 is 0 Å². The van der Waals surface area contributed by atoms with E-state index in [2.05, 4.69) is 46.5 Å². The summed E-state index contributed by atoms with van der Waals surface area (Å²) in [5.74, 6) is 0. The van der Waals surface area contributed by atoms with Gasteiger partial charge in [0.25, 0.3) is 5.56 Å². The van der Waals surface area contributed by atoms with E-state index in [4.69, 9.17) is 11.6 Å². The van der Waals surface area contributed by atoms with E-state index in [0.29, 0.717) is 12.2 Å². The Hall–Kier alpha value is -1.85. The lowest BCUT2D eigenvalue weighted by Gasteiger charge is -2.25. The highest BCUT2D eigenvalue weighted by Crippen LogP contribution is 2.21. The molecule has 1 aromatic carbocycles. The minimum absolute atomic E-state index is 0.166. The van der Waals surface area contributed by atoms with Gasteiger partial charge in [-0.3, -0.25) is 4.79 Å². The van der Waals surface area contributed by atoms with Crippen LogP contribution < -0.4 is 10.9 Å². The normalized spacial score (nSPS) is 12.5. The number of likely N-dealkylation sites (N-methyl/N-ethyl adjacent to an activating group) is 1. The second-order valence-electron chi connectivity index (χ2n) is 5.57. The standard InChI is InChI=1S/C16H21ClN4O/c1-11-5-7-12(8-6-11)14(20(2)3)10-18-13-9-19-21(4)16(22)15(13)17/h5-9,14,18H,10H2,1-4H3/t14-/m0/s1. The summed E-state index contributed by atoms with van der Waals surface area (Å²) in [6.07, 6.45) is 1.57. The topological polar surface area (TPSA) is 50.2 Å². The average Bonchev–Trinajstić information content (AvgIpc) is 2.48. The molecular formula is C16H21ClN4O. The van der Waals surface area contributed by atoms with Crippen LogP contribution in [-0.4, -0.2) is 35.3 Å². The molecule has 22 heavy (non-hydrogen) atoms. The maximum Gasteiger partial charge on any atom is 0.287 e. The van der Waals surface area contributed by atoms with Gasteiger partial charge in [-0.05, 0) is 26.6 Å². The summed E-state index contributed by atoms with van der Waals surface area (Å²) < 4.78 is 1.22. The Bertz CT molecular complexity index is 694. The van der Waals surface area contributed by atoms with Crippen molar-refractivity contribution in [3.8, 4) is 0 Å². The number of halogens is 1. The molecule has 0 saturated carbocycles. The summed E-state index contributed by atoms with van der Waals surface area (Å²) in [4.78, 5) is 13.9. The van der Waals surface area contributed by atoms with Gasteiger partial charge in [-0.2, -0.15) is 5.10 Å². The van der Waals surface area contributed by atoms with Crippen LogP contribution in [0, 0.1) is 6.92 Å². The lowest BCUT2D eigenvalue weighted by atomic mass is 10.0. The van der Waals surface area contributed by atoms with Crippen LogP contribution in [0.3, 0.4) is 0 Å². The Balaban J connectivity index is 2.18. The molecule has 6 heteroatoms. The van der Waals surface area contributed by atoms with E-state index in [1.165, 1.54) is 15.8 Å². The summed E-state index contributed by atoms with van der Waals surface area (Å²) in [6, 6.07) is 8.59. The van der Waals surface area contributed by atoms with Crippen LogP contribution in [0.1, 0.15) is 17.2 Å². The monoisotopic (exact) mass is 320 g/mol. The first-order chi connectivity index (χ1) is 10.4. The van der Waals surface area contributed by atoms with Gasteiger partial charge in [0, 0.05) is 13.6 Å². The average molecular weight is 321 g/mol. The van der Waals surface area contributed by atoms with Gasteiger partial charge in [-0.25, -0.2) is 4.68 Å². The van der Waals surface area contributed by atoms with Gasteiger partial charge in [0.1, 0.15) is 5.02 Å². The van der Waals surface area contributed by atoms with E-state index in [9.17, 15) is 4.79 Å². The van der Waals surface area contributed by atoms with Crippen LogP contribution in [0.5, 0.6) is 0 Å². The van der Waals surface area contributed by atoms with Crippen molar-refractivity contribution in [2.75, 3.05) is 26.0 Å². The molecule has 0 aliphatic rings. The van der Waals surface area contributed by atoms with Gasteiger partial charge in [0.15, 0.2) is 0 Å². The summed E-state index contributed by atoms with van der Waals surface area (Å²) in [6.45, 7) is 2.70. The molecule has 5 nitrogen and oxygen atoms in total. The van der Waals surface area contributed by atoms with Crippen LogP contribution >= 0.6 is 11.6 Å². The van der Waals surface area contributed by atoms with Crippen LogP contribution in [0.15, 0.2) is 35.3 Å². The fourth-order valence-corrected chi connectivity index (χ4v) is 2.47. The third kappa shape index (κ3) is 3.67. The van der Waals surface area contributed by atoms with E-state index in [-0.39, 0.29) is 16.6 Å². The highest BCUT2D eigenvalue weighted by atomic mass is 35.5. The molecule has 0 saturated heterocycles. The molecule has 2 aromatic rings. The largest absolute Gasteiger partial charge is 0.380 e. The molecule has 1 atom stereocenters. The third-order valence-corrected chi connectivity index (χ3v) is 4.01. The fraction of sp³-hybridized carbons (Fsp3) is 0.375. The van der Waals surface area contributed by atoms with Crippen LogP contribution in [0.25, 0.3) is 0 Å². The van der Waals surface area contributed by atoms with Crippen molar-refractivity contribution in [3.63, 3.8) is 0 Å². The Morgan fingerprint density at radius 3 is 2.55 bits per heavy atom. The Labute approximate surface area is 135 Å². The van der Waals surface area contributed by atoms with E-state index in [1.807, 2.05) is 14.1 Å². The number of nitrogens with zero attached hydrogens (tertiary/aromatic N) is 3. The predicted octanol–water partition coefficient (Wildman–Crippen LogP) is 2.46. The van der Waals surface area contributed by atoms with Crippen LogP contribution in [0.2, 0.25) is 5.02 Å². The smallest absolute Gasteiger partial charge is 0.287 e. The van der Waals surface area contributed by atoms with Crippen molar-refractivity contribution in [1.29, 1.82) is 0 Å². The van der Waals surface area contributed by atoms with Crippen molar-refractivity contribution in [3.05, 3.63) is 57.0 Å². The molecule has 118 valence electrons. The second kappa shape index (κ2) is 6.94. The number of benzene rings is 1. The maximum atomic E-state index is 11.8. The van der Waals surface area contributed by atoms with Gasteiger partial charge in [0.2, 0.25) is 0 Å². The highest BCUT2D eigenvalue weighted by Gasteiger charge is 2.15. The Kier molecular flexibility index (Phi) is 5.21. The molecule has 1 heterocycles. The molecule has 0 fully saturated rings. The lowest BCUT2D eigenvalue weighted by molar-refractivity contribution is 0.312. The van der Waals surface area contributed by atoms with Gasteiger partial charge < -0.3 is 10.2 Å². The zero-order chi connectivity index (χ0) is 16.3. The molecule has 1 aromatic heterocycles. The Morgan fingerprint density at radius 1 is 1.32 bits per heavy atom. The lowest BCUT2D eigenvalue weighted by Crippen LogP contribution is -2.28. The minimum Gasteiger partial charge on any atom is -0.380 e. The highest BCUT2D eigenvalue weighted by molar-refractivity contribution is 6.32. The molecule has 0 amide bonds. The zero-order valence-corrected chi connectivity index (χ0v) is 14.1. The molecule has 0 bridgehead atoms. The number of hydrogen-bond donors (Lipinski definition) is 1. The van der Waals surface area contributed by atoms with Gasteiger partial charge in [-0.1, -0.05) is 41.4 Å². The Morgan fingerprint density at radius 2 is 1.95 bits per heavy atom. The van der Waals surface area contributed by atoms with E-state index in [1.54, 1.807) is 13.2 Å². The molecule has 0 unspecified atom stereocenters. The number of aryl methyl sites for hydroxylation is 2. The predicted molar refractivity (Wildman–Crippen MR) is 90.6 cm³/mol. The molecule has 0 aliphatic heterocycles. The van der Waals surface area contributed by atoms with Gasteiger partial charge in [0.05, 0.1) is 17.9 Å². The number of rotatable bonds is 5. The van der Waals surface area contributed by atoms with Crippen molar-refractivity contribution < 1.29 is 0 Å². The third-order valence-electron chi connectivity index (χ3n) is 3.65. The molecule has 1 N–H and O–H groups in total. The summed E-state index contributed by atoms with van der Waals surface area (Å²) in [5.41, 5.74) is 2.69. The second-order valence-corrected chi connectivity index (χ2v) is 5.95. The first-order valence-electron chi connectivity index (χ1n) is 7.09. The van der Waals surface area contributed by atoms with Crippen molar-refractivity contribution in [2.45, 2.75) is 13.0 Å². The molecule has 2 rings (SSSR count). The number of hydrogen-bond acceptors (Lipinski definition) is 4. The van der Waals surface area contributed by atoms with Gasteiger partial charge >= 0.3 is 0 Å². The first-order valence-corrected chi connectivity index (χ1v) is 7.46. The van der Waals surface area contributed by atoms with Gasteiger partial charge in [-0.15, -0.1) is 0 Å². The van der Waals surface area contributed by atoms with E-state index in [0.717, 1.165) is 0 Å². The fourth-order valence-electron chi connectivity index (χ4n) is 2.23. The number of aromatic nitrogens is 2. The molecule has 0 aliphatic carbocycles. The minimum atomic E-state index is -0.302.